The average molecular weight is 654 g/mol. The van der Waals surface area contributed by atoms with Crippen LogP contribution in [-0.4, -0.2) is 37.8 Å². The number of nitro groups is 1. The van der Waals surface area contributed by atoms with Crippen molar-refractivity contribution in [2.45, 2.75) is 38.8 Å². The van der Waals surface area contributed by atoms with E-state index in [2.05, 4.69) is 32.8 Å². The number of hydrogen-bond acceptors (Lipinski definition) is 7. The van der Waals surface area contributed by atoms with Crippen LogP contribution in [0, 0.1) is 27.8 Å². The number of aromatic nitrogens is 3. The molecule has 1 unspecified atom stereocenters. The first-order valence-electron chi connectivity index (χ1n) is 12.4. The summed E-state index contributed by atoms with van der Waals surface area (Å²) in [5, 5.41) is 25.2. The third-order valence-corrected chi connectivity index (χ3v) is 6.34. The molecule has 0 saturated carbocycles. The maximum absolute atomic E-state index is 14.1. The summed E-state index contributed by atoms with van der Waals surface area (Å²) < 4.78 is 85.5. The Morgan fingerprint density at radius 3 is 2.47 bits per heavy atom. The van der Waals surface area contributed by atoms with Crippen LogP contribution in [0.3, 0.4) is 0 Å². The smallest absolute Gasteiger partial charge is 0.307 e. The Labute approximate surface area is 248 Å². The van der Waals surface area contributed by atoms with Crippen LogP contribution in [0.5, 0.6) is 5.75 Å². The number of nitrogens with one attached hydrogen (secondary N) is 1. The summed E-state index contributed by atoms with van der Waals surface area (Å²) in [5.74, 6) is 5.01. The topological polar surface area (TPSA) is 115 Å². The largest absolute Gasteiger partial charge is 0.494 e. The van der Waals surface area contributed by atoms with Crippen molar-refractivity contribution in [3.8, 4) is 28.8 Å². The van der Waals surface area contributed by atoms with E-state index in [4.69, 9.17) is 46.3 Å². The van der Waals surface area contributed by atoms with Gasteiger partial charge < -0.3 is 19.7 Å². The summed E-state index contributed by atoms with van der Waals surface area (Å²) in [7, 11) is 1.34. The van der Waals surface area contributed by atoms with Crippen LogP contribution in [0.1, 0.15) is 30.9 Å². The zero-order valence-corrected chi connectivity index (χ0v) is 23.3. The van der Waals surface area contributed by atoms with Gasteiger partial charge in [0.15, 0.2) is 0 Å². The number of benzene rings is 2. The van der Waals surface area contributed by atoms with Crippen molar-refractivity contribution in [3.05, 3.63) is 69.8 Å². The van der Waals surface area contributed by atoms with Crippen LogP contribution in [-0.2, 0) is 13.0 Å². The Hall–Kier alpha value is -5.05. The van der Waals surface area contributed by atoms with E-state index in [-0.39, 0.29) is 17.4 Å². The van der Waals surface area contributed by atoms with Gasteiger partial charge in [0.1, 0.15) is 11.9 Å². The van der Waals surface area contributed by atoms with Crippen LogP contribution < -0.4 is 10.1 Å². The Balaban J connectivity index is 0.00000117. The second-order valence-corrected chi connectivity index (χ2v) is 8.69. The molecule has 0 amide bonds. The first kappa shape index (κ1) is 38.0. The number of nitro benzene ring substituents is 1. The van der Waals surface area contributed by atoms with Gasteiger partial charge in [-0.1, -0.05) is 37.0 Å². The molecule has 0 fully saturated rings. The van der Waals surface area contributed by atoms with Gasteiger partial charge in [0.25, 0.3) is 0 Å². The van der Waals surface area contributed by atoms with E-state index in [9.17, 15) is 19.6 Å². The number of aryl methyl sites for hydroxylation is 2. The lowest BCUT2D eigenvalue weighted by atomic mass is 10.0. The SMILES string of the molecule is CCC(O)C#Cc1cnc(Nc2cc([N+](=O)[O-])c(F)cc2OC)nc1-c1cn2c3c(cccc13)CCC2.FF.FF.FF.FF. The maximum atomic E-state index is 14.1. The van der Waals surface area contributed by atoms with Gasteiger partial charge in [0.2, 0.25) is 11.8 Å². The van der Waals surface area contributed by atoms with Gasteiger partial charge in [0.05, 0.1) is 34.5 Å². The number of anilines is 2. The summed E-state index contributed by atoms with van der Waals surface area (Å²) in [4.78, 5) is 19.5. The lowest BCUT2D eigenvalue weighted by Crippen LogP contribution is -2.05. The number of hydrogen-bond donors (Lipinski definition) is 2. The Bertz CT molecular complexity index is 1610. The molecule has 5 rings (SSSR count). The fourth-order valence-electron chi connectivity index (χ4n) is 4.52. The summed E-state index contributed by atoms with van der Waals surface area (Å²) >= 11 is 0. The fourth-order valence-corrected chi connectivity index (χ4v) is 4.52. The van der Waals surface area contributed by atoms with E-state index >= 15 is 0 Å². The second-order valence-electron chi connectivity index (χ2n) is 8.69. The predicted octanol–water partition coefficient (Wildman–Crippen LogP) is 8.33. The molecule has 0 radical (unpaired) electrons. The lowest BCUT2D eigenvalue weighted by molar-refractivity contribution is -0.387. The highest BCUT2D eigenvalue weighted by atomic mass is 20.0. The monoisotopic (exact) mass is 653 g/mol. The van der Waals surface area contributed by atoms with E-state index < -0.39 is 22.5 Å². The van der Waals surface area contributed by atoms with Crippen LogP contribution in [0.25, 0.3) is 22.2 Å². The number of methoxy groups -OCH3 is 1. The minimum atomic E-state index is -1.01. The number of nitrogens with zero attached hydrogens (tertiary/aromatic N) is 4. The molecule has 1 atom stereocenters. The molecule has 1 aliphatic rings. The minimum Gasteiger partial charge on any atom is -0.494 e. The van der Waals surface area contributed by atoms with Gasteiger partial charge >= 0.3 is 5.69 Å². The summed E-state index contributed by atoms with van der Waals surface area (Å²) in [6.45, 7) is 2.72. The molecule has 9 nitrogen and oxygen atoms in total. The van der Waals surface area contributed by atoms with Crippen molar-refractivity contribution < 1.29 is 55.8 Å². The predicted molar refractivity (Wildman–Crippen MR) is 146 cm³/mol. The number of para-hydroxylation sites is 1. The standard InChI is InChI=1S/C27H24FN5O4.4F2/c1-3-18(34)10-9-17-14-29-27(30-22-13-23(33(35)36)21(28)12-24(22)37-2)31-25(17)20-15-32-11-5-7-16-6-4-8-19(20)26(16)32;4*1-2/h4,6,8,12-15,18,34H,3,5,7,11H2,1-2H3,(H,29,30,31);;;;. The normalized spacial score (nSPS) is 11.3. The first-order chi connectivity index (χ1) is 21.9. The Morgan fingerprint density at radius 2 is 1.84 bits per heavy atom. The Kier molecular flexibility index (Phi) is 16.3. The Morgan fingerprint density at radius 1 is 1.16 bits per heavy atom. The summed E-state index contributed by atoms with van der Waals surface area (Å²) in [6.07, 6.45) is 5.31. The molecular weight excluding hydrogens is 629 g/mol. The van der Waals surface area contributed by atoms with Gasteiger partial charge in [-0.25, -0.2) is 9.97 Å². The van der Waals surface area contributed by atoms with Gasteiger partial charge in [-0.2, -0.15) is 4.39 Å². The highest BCUT2D eigenvalue weighted by Crippen LogP contribution is 2.37. The zero-order chi connectivity index (χ0) is 34.1. The van der Waals surface area contributed by atoms with E-state index in [0.29, 0.717) is 17.7 Å². The average Bonchev–Trinajstić information content (AvgIpc) is 3.48. The van der Waals surface area contributed by atoms with Gasteiger partial charge in [-0.3, -0.25) is 10.1 Å². The maximum Gasteiger partial charge on any atom is 0.307 e. The quantitative estimate of drug-likeness (QED) is 0.0931. The number of rotatable bonds is 6. The first-order valence-corrected chi connectivity index (χ1v) is 12.4. The van der Waals surface area contributed by atoms with Crippen LogP contribution in [0.4, 0.5) is 58.3 Å². The molecule has 18 heteroatoms. The molecule has 0 aliphatic carbocycles. The highest BCUT2D eigenvalue weighted by molar-refractivity contribution is 5.98. The molecule has 2 aromatic carbocycles. The molecule has 2 N–H and O–H groups in total. The van der Waals surface area contributed by atoms with Crippen molar-refractivity contribution in [2.75, 3.05) is 12.4 Å². The van der Waals surface area contributed by atoms with Crippen LogP contribution >= 0.6 is 0 Å². The van der Waals surface area contributed by atoms with E-state index in [1.54, 1.807) is 0 Å². The third-order valence-electron chi connectivity index (χ3n) is 6.34. The molecule has 0 bridgehead atoms. The fraction of sp³-hybridized carbons (Fsp3) is 0.259. The number of ether oxygens (including phenoxy) is 1. The van der Waals surface area contributed by atoms with Gasteiger partial charge in [0, 0.05) is 78.6 Å². The third kappa shape index (κ3) is 8.98. The molecule has 1 aliphatic heterocycles. The van der Waals surface area contributed by atoms with Crippen molar-refractivity contribution in [3.63, 3.8) is 0 Å². The number of aliphatic hydroxyl groups is 1. The van der Waals surface area contributed by atoms with Crippen LogP contribution in [0.15, 0.2) is 42.7 Å². The number of halogens is 9. The number of aliphatic hydroxyl groups excluding tert-OH is 1. The van der Waals surface area contributed by atoms with Gasteiger partial charge in [-0.05, 0) is 24.8 Å². The zero-order valence-electron chi connectivity index (χ0n) is 23.3. The summed E-state index contributed by atoms with van der Waals surface area (Å²) in [6, 6.07) is 8.17. The molecule has 4 aromatic rings. The second kappa shape index (κ2) is 19.3. The minimum absolute atomic E-state index is 0.0651. The molecule has 244 valence electrons. The molecule has 3 heterocycles. The van der Waals surface area contributed by atoms with Crippen molar-refractivity contribution >= 4 is 28.2 Å². The molecular formula is C27H24F9N5O4. The van der Waals surface area contributed by atoms with Crippen LogP contribution in [0.2, 0.25) is 0 Å². The van der Waals surface area contributed by atoms with E-state index in [1.165, 1.54) is 18.9 Å². The van der Waals surface area contributed by atoms with E-state index in [0.717, 1.165) is 48.0 Å². The molecule has 0 saturated heterocycles. The molecule has 45 heavy (non-hydrogen) atoms. The molecule has 2 aromatic heterocycles. The van der Waals surface area contributed by atoms with Crippen molar-refractivity contribution in [1.29, 1.82) is 0 Å². The summed E-state index contributed by atoms with van der Waals surface area (Å²) in [5.41, 5.74) is 3.79. The van der Waals surface area contributed by atoms with Crippen molar-refractivity contribution in [2.24, 2.45) is 0 Å². The van der Waals surface area contributed by atoms with Gasteiger partial charge in [-0.15, -0.1) is 0 Å². The van der Waals surface area contributed by atoms with Crippen molar-refractivity contribution in [1.82, 2.24) is 14.5 Å². The van der Waals surface area contributed by atoms with E-state index in [1.807, 2.05) is 25.3 Å². The lowest BCUT2D eigenvalue weighted by Gasteiger charge is -2.14. The molecule has 0 spiro atoms. The highest BCUT2D eigenvalue weighted by Gasteiger charge is 2.22.